The molecular weight excluding hydrogens is 304 g/mol. The van der Waals surface area contributed by atoms with Crippen molar-refractivity contribution < 1.29 is 33.2 Å². The number of hydrogen-bond acceptors (Lipinski definition) is 7. The van der Waals surface area contributed by atoms with Crippen LogP contribution >= 0.6 is 0 Å². The first-order chi connectivity index (χ1) is 11.4. The third-order valence-corrected chi connectivity index (χ3v) is 3.22. The van der Waals surface area contributed by atoms with E-state index in [2.05, 4.69) is 0 Å². The fourth-order valence-electron chi connectivity index (χ4n) is 1.99. The highest BCUT2D eigenvalue weighted by Gasteiger charge is 2.13. The van der Waals surface area contributed by atoms with Crippen molar-refractivity contribution in [1.29, 1.82) is 0 Å². The summed E-state index contributed by atoms with van der Waals surface area (Å²) in [7, 11) is 1.65. The van der Waals surface area contributed by atoms with Gasteiger partial charge in [0.15, 0.2) is 6.29 Å². The molecule has 0 saturated carbocycles. The molecule has 1 aliphatic rings. The van der Waals surface area contributed by atoms with Crippen molar-refractivity contribution in [2.75, 3.05) is 79.8 Å². The highest BCUT2D eigenvalue weighted by atomic mass is 16.7. The number of ether oxygens (including phenoxy) is 7. The zero-order valence-corrected chi connectivity index (χ0v) is 14.3. The van der Waals surface area contributed by atoms with E-state index < -0.39 is 0 Å². The molecule has 0 spiro atoms. The van der Waals surface area contributed by atoms with E-state index >= 15 is 0 Å². The summed E-state index contributed by atoms with van der Waals surface area (Å²) < 4.78 is 37.4. The maximum Gasteiger partial charge on any atom is 0.157 e. The first kappa shape index (κ1) is 20.8. The molecule has 138 valence electrons. The molecule has 1 unspecified atom stereocenters. The van der Waals surface area contributed by atoms with Crippen LogP contribution in [0.25, 0.3) is 0 Å². The Labute approximate surface area is 139 Å². The number of methoxy groups -OCH3 is 1. The summed E-state index contributed by atoms with van der Waals surface area (Å²) in [6.45, 7) is 6.57. The molecule has 7 nitrogen and oxygen atoms in total. The molecule has 1 fully saturated rings. The lowest BCUT2D eigenvalue weighted by atomic mass is 10.2. The molecule has 0 radical (unpaired) electrons. The van der Waals surface area contributed by atoms with Crippen LogP contribution in [0, 0.1) is 0 Å². The Bertz CT molecular complexity index is 234. The Hall–Kier alpha value is -0.280. The SMILES string of the molecule is COCCOCCOCCOCCOCCOC1CCCCO1. The maximum atomic E-state index is 5.56. The van der Waals surface area contributed by atoms with Crippen LogP contribution in [-0.4, -0.2) is 86.1 Å². The highest BCUT2D eigenvalue weighted by Crippen LogP contribution is 2.13. The van der Waals surface area contributed by atoms with Gasteiger partial charge in [-0.2, -0.15) is 0 Å². The van der Waals surface area contributed by atoms with Crippen LogP contribution in [0.5, 0.6) is 0 Å². The van der Waals surface area contributed by atoms with Gasteiger partial charge in [0.05, 0.1) is 66.1 Å². The van der Waals surface area contributed by atoms with Crippen molar-refractivity contribution in [2.45, 2.75) is 25.6 Å². The topological polar surface area (TPSA) is 64.6 Å². The molecule has 0 aliphatic carbocycles. The average molecular weight is 336 g/mol. The van der Waals surface area contributed by atoms with Gasteiger partial charge in [0.1, 0.15) is 0 Å². The van der Waals surface area contributed by atoms with Crippen LogP contribution in [0.1, 0.15) is 19.3 Å². The first-order valence-corrected chi connectivity index (χ1v) is 8.46. The Morgan fingerprint density at radius 1 is 0.696 bits per heavy atom. The average Bonchev–Trinajstić information content (AvgIpc) is 2.59. The molecule has 1 saturated heterocycles. The summed E-state index contributed by atoms with van der Waals surface area (Å²) >= 11 is 0. The lowest BCUT2D eigenvalue weighted by Gasteiger charge is -2.22. The van der Waals surface area contributed by atoms with E-state index in [1.165, 1.54) is 6.42 Å². The summed E-state index contributed by atoms with van der Waals surface area (Å²) in [4.78, 5) is 0. The zero-order chi connectivity index (χ0) is 16.4. The lowest BCUT2D eigenvalue weighted by molar-refractivity contribution is -0.169. The van der Waals surface area contributed by atoms with E-state index in [9.17, 15) is 0 Å². The smallest absolute Gasteiger partial charge is 0.157 e. The lowest BCUT2D eigenvalue weighted by Crippen LogP contribution is -2.24. The van der Waals surface area contributed by atoms with Gasteiger partial charge in [0.25, 0.3) is 0 Å². The molecule has 23 heavy (non-hydrogen) atoms. The van der Waals surface area contributed by atoms with Gasteiger partial charge < -0.3 is 33.2 Å². The third-order valence-electron chi connectivity index (χ3n) is 3.22. The minimum absolute atomic E-state index is 0.0424. The van der Waals surface area contributed by atoms with Gasteiger partial charge in [-0.1, -0.05) is 0 Å². The molecule has 1 rings (SSSR count). The molecule has 0 aromatic heterocycles. The number of rotatable bonds is 16. The molecule has 0 aromatic rings. The Balaban J connectivity index is 1.67. The molecule has 0 N–H and O–H groups in total. The molecule has 1 heterocycles. The molecule has 1 aliphatic heterocycles. The third kappa shape index (κ3) is 13.8. The number of hydrogen-bond donors (Lipinski definition) is 0. The van der Waals surface area contributed by atoms with Crippen molar-refractivity contribution >= 4 is 0 Å². The largest absolute Gasteiger partial charge is 0.382 e. The Morgan fingerprint density at radius 3 is 1.70 bits per heavy atom. The summed E-state index contributed by atoms with van der Waals surface area (Å²) in [5.74, 6) is 0. The van der Waals surface area contributed by atoms with Crippen molar-refractivity contribution in [3.8, 4) is 0 Å². The molecule has 1 atom stereocenters. The highest BCUT2D eigenvalue weighted by molar-refractivity contribution is 4.53. The van der Waals surface area contributed by atoms with Gasteiger partial charge in [-0.15, -0.1) is 0 Å². The van der Waals surface area contributed by atoms with E-state index in [1.54, 1.807) is 7.11 Å². The van der Waals surface area contributed by atoms with Crippen LogP contribution in [0.15, 0.2) is 0 Å². The monoisotopic (exact) mass is 336 g/mol. The van der Waals surface area contributed by atoms with Crippen molar-refractivity contribution in [3.05, 3.63) is 0 Å². The fraction of sp³-hybridized carbons (Fsp3) is 1.00. The predicted octanol–water partition coefficient (Wildman–Crippen LogP) is 1.24. The summed E-state index contributed by atoms with van der Waals surface area (Å²) in [5.41, 5.74) is 0. The zero-order valence-electron chi connectivity index (χ0n) is 14.3. The molecule has 0 bridgehead atoms. The Kier molecular flexibility index (Phi) is 15.0. The van der Waals surface area contributed by atoms with Crippen LogP contribution < -0.4 is 0 Å². The minimum atomic E-state index is -0.0424. The molecule has 0 amide bonds. The molecule has 7 heteroatoms. The molecule has 0 aromatic carbocycles. The van der Waals surface area contributed by atoms with Gasteiger partial charge in [0, 0.05) is 13.7 Å². The van der Waals surface area contributed by atoms with E-state index in [-0.39, 0.29) is 6.29 Å². The van der Waals surface area contributed by atoms with E-state index in [0.29, 0.717) is 66.1 Å². The Morgan fingerprint density at radius 2 is 1.22 bits per heavy atom. The normalized spacial score (nSPS) is 18.4. The summed E-state index contributed by atoms with van der Waals surface area (Å²) in [5, 5.41) is 0. The minimum Gasteiger partial charge on any atom is -0.382 e. The first-order valence-electron chi connectivity index (χ1n) is 8.46. The fourth-order valence-corrected chi connectivity index (χ4v) is 1.99. The standard InChI is InChI=1S/C16H32O7/c1-17-6-7-18-8-9-19-10-11-20-12-13-21-14-15-23-16-4-2-3-5-22-16/h16H,2-15H2,1H3. The van der Waals surface area contributed by atoms with Crippen LogP contribution in [0.4, 0.5) is 0 Å². The van der Waals surface area contributed by atoms with Crippen molar-refractivity contribution in [2.24, 2.45) is 0 Å². The van der Waals surface area contributed by atoms with Crippen molar-refractivity contribution in [1.82, 2.24) is 0 Å². The van der Waals surface area contributed by atoms with E-state index in [0.717, 1.165) is 19.4 Å². The van der Waals surface area contributed by atoms with Crippen LogP contribution in [0.2, 0.25) is 0 Å². The second-order valence-electron chi connectivity index (χ2n) is 5.11. The van der Waals surface area contributed by atoms with Gasteiger partial charge in [-0.3, -0.25) is 0 Å². The second-order valence-corrected chi connectivity index (χ2v) is 5.11. The quantitative estimate of drug-likeness (QED) is 0.393. The van der Waals surface area contributed by atoms with Gasteiger partial charge in [-0.05, 0) is 19.3 Å². The van der Waals surface area contributed by atoms with Gasteiger partial charge in [0.2, 0.25) is 0 Å². The second kappa shape index (κ2) is 16.6. The van der Waals surface area contributed by atoms with Gasteiger partial charge >= 0.3 is 0 Å². The summed E-state index contributed by atoms with van der Waals surface area (Å²) in [6, 6.07) is 0. The maximum absolute atomic E-state index is 5.56. The van der Waals surface area contributed by atoms with Crippen LogP contribution in [0.3, 0.4) is 0 Å². The van der Waals surface area contributed by atoms with E-state index in [4.69, 9.17) is 33.2 Å². The van der Waals surface area contributed by atoms with Crippen LogP contribution in [-0.2, 0) is 33.2 Å². The van der Waals surface area contributed by atoms with Gasteiger partial charge in [-0.25, -0.2) is 0 Å². The van der Waals surface area contributed by atoms with Crippen molar-refractivity contribution in [3.63, 3.8) is 0 Å². The molecular formula is C16H32O7. The predicted molar refractivity (Wildman–Crippen MR) is 84.7 cm³/mol. The summed E-state index contributed by atoms with van der Waals surface area (Å²) in [6.07, 6.45) is 3.26. The van der Waals surface area contributed by atoms with E-state index in [1.807, 2.05) is 0 Å².